The molecule has 4 fully saturated rings. The standard InChI is InChI=1S/C23H30FNO3/c1-14-4-3-10-22(2)12-18-19(20-23(14,22)28-20)17(21(26)27-18)13-25-11-9-15-5-7-16(24)8-6-15/h5-8,14,17-20,25H,3-4,9-13H2,1-2H3/t14-,17-,18-,19+,20-,22+,23+/m1/s1. The largest absolute Gasteiger partial charge is 0.462 e. The Hall–Kier alpha value is -1.46. The first kappa shape index (κ1) is 18.6. The molecule has 0 aromatic heterocycles. The fraction of sp³-hybridized carbons (Fsp3) is 0.696. The predicted octanol–water partition coefficient (Wildman–Crippen LogP) is 3.48. The van der Waals surface area contributed by atoms with Gasteiger partial charge in [0.05, 0.1) is 12.0 Å². The molecular formula is C23H30FNO3. The van der Waals surface area contributed by atoms with Crippen molar-refractivity contribution in [3.8, 4) is 0 Å². The smallest absolute Gasteiger partial charge is 0.311 e. The third-order valence-corrected chi connectivity index (χ3v) is 8.06. The van der Waals surface area contributed by atoms with Crippen LogP contribution in [0.4, 0.5) is 4.39 Å². The van der Waals surface area contributed by atoms with Gasteiger partial charge in [0.15, 0.2) is 0 Å². The van der Waals surface area contributed by atoms with Crippen molar-refractivity contribution in [3.63, 3.8) is 0 Å². The Kier molecular flexibility index (Phi) is 4.33. The molecule has 0 radical (unpaired) electrons. The fourth-order valence-electron chi connectivity index (χ4n) is 6.61. The van der Waals surface area contributed by atoms with Gasteiger partial charge in [-0.25, -0.2) is 4.39 Å². The number of benzene rings is 1. The molecule has 4 aliphatic rings. The van der Waals surface area contributed by atoms with Crippen molar-refractivity contribution in [1.29, 1.82) is 0 Å². The number of rotatable bonds is 5. The van der Waals surface area contributed by atoms with Gasteiger partial charge in [-0.2, -0.15) is 0 Å². The molecule has 2 saturated carbocycles. The van der Waals surface area contributed by atoms with E-state index in [2.05, 4.69) is 19.2 Å². The number of esters is 1. The third-order valence-electron chi connectivity index (χ3n) is 8.06. The zero-order valence-electron chi connectivity index (χ0n) is 16.7. The van der Waals surface area contributed by atoms with Crippen molar-refractivity contribution in [1.82, 2.24) is 5.32 Å². The quantitative estimate of drug-likeness (QED) is 0.477. The molecule has 1 aromatic carbocycles. The minimum absolute atomic E-state index is 0.00678. The summed E-state index contributed by atoms with van der Waals surface area (Å²) in [5, 5.41) is 3.43. The van der Waals surface area contributed by atoms with Gasteiger partial charge in [-0.05, 0) is 55.8 Å². The predicted molar refractivity (Wildman–Crippen MR) is 103 cm³/mol. The van der Waals surface area contributed by atoms with Gasteiger partial charge in [0, 0.05) is 17.9 Å². The maximum Gasteiger partial charge on any atom is 0.311 e. The van der Waals surface area contributed by atoms with Crippen molar-refractivity contribution >= 4 is 5.97 Å². The van der Waals surface area contributed by atoms with Gasteiger partial charge in [0.25, 0.3) is 0 Å². The molecule has 0 bridgehead atoms. The lowest BCUT2D eigenvalue weighted by atomic mass is 9.53. The summed E-state index contributed by atoms with van der Waals surface area (Å²) in [6.45, 7) is 6.06. The Balaban J connectivity index is 1.23. The molecule has 7 atom stereocenters. The maximum atomic E-state index is 13.0. The SMILES string of the molecule is C[C@@H]1CCC[C@@]2(C)C[C@H]3OC(=O)[C@H](CNCCc4ccc(F)cc4)[C@@H]3[C@H]3O[C@@]132. The highest BCUT2D eigenvalue weighted by Crippen LogP contribution is 2.70. The van der Waals surface area contributed by atoms with E-state index in [1.165, 1.54) is 31.4 Å². The van der Waals surface area contributed by atoms with Crippen LogP contribution in [-0.2, 0) is 20.7 Å². The lowest BCUT2D eigenvalue weighted by Crippen LogP contribution is -2.54. The molecule has 1 spiro atoms. The summed E-state index contributed by atoms with van der Waals surface area (Å²) in [5.74, 6) is 0.335. The number of hydrogen-bond acceptors (Lipinski definition) is 4. The minimum atomic E-state index is -0.212. The van der Waals surface area contributed by atoms with Crippen LogP contribution in [0.25, 0.3) is 0 Å². The Bertz CT molecular complexity index is 768. The van der Waals surface area contributed by atoms with E-state index >= 15 is 0 Å². The van der Waals surface area contributed by atoms with E-state index in [9.17, 15) is 9.18 Å². The minimum Gasteiger partial charge on any atom is -0.462 e. The second kappa shape index (κ2) is 6.53. The molecule has 2 aliphatic heterocycles. The van der Waals surface area contributed by atoms with Crippen LogP contribution in [0.1, 0.15) is 45.1 Å². The molecule has 2 aliphatic carbocycles. The summed E-state index contributed by atoms with van der Waals surface area (Å²) in [6, 6.07) is 6.60. The molecule has 0 unspecified atom stereocenters. The van der Waals surface area contributed by atoms with Crippen LogP contribution in [0.3, 0.4) is 0 Å². The van der Waals surface area contributed by atoms with Gasteiger partial charge in [0.1, 0.15) is 17.5 Å². The summed E-state index contributed by atoms with van der Waals surface area (Å²) in [4.78, 5) is 12.6. The van der Waals surface area contributed by atoms with E-state index in [0.717, 1.165) is 24.9 Å². The fourth-order valence-corrected chi connectivity index (χ4v) is 6.61. The zero-order chi connectivity index (χ0) is 19.5. The lowest BCUT2D eigenvalue weighted by Gasteiger charge is -2.48. The molecule has 1 aromatic rings. The highest BCUT2D eigenvalue weighted by Gasteiger charge is 2.78. The number of ether oxygens (including phenoxy) is 2. The Morgan fingerprint density at radius 3 is 2.86 bits per heavy atom. The van der Waals surface area contributed by atoms with Crippen molar-refractivity contribution < 1.29 is 18.7 Å². The molecule has 4 nitrogen and oxygen atoms in total. The van der Waals surface area contributed by atoms with Crippen molar-refractivity contribution in [2.75, 3.05) is 13.1 Å². The molecule has 5 heteroatoms. The average Bonchev–Trinajstić information content (AvgIpc) is 3.34. The number of nitrogens with one attached hydrogen (secondary N) is 1. The van der Waals surface area contributed by atoms with E-state index in [0.29, 0.717) is 12.5 Å². The topological polar surface area (TPSA) is 50.9 Å². The zero-order valence-corrected chi connectivity index (χ0v) is 16.7. The van der Waals surface area contributed by atoms with E-state index < -0.39 is 0 Å². The summed E-state index contributed by atoms with van der Waals surface area (Å²) in [6.07, 6.45) is 5.57. The highest BCUT2D eigenvalue weighted by atomic mass is 19.1. The molecule has 2 heterocycles. The monoisotopic (exact) mass is 387 g/mol. The van der Waals surface area contributed by atoms with E-state index in [1.54, 1.807) is 0 Å². The molecular weight excluding hydrogens is 357 g/mol. The van der Waals surface area contributed by atoms with Crippen molar-refractivity contribution in [2.24, 2.45) is 23.2 Å². The van der Waals surface area contributed by atoms with E-state index in [4.69, 9.17) is 9.47 Å². The van der Waals surface area contributed by atoms with Gasteiger partial charge in [-0.1, -0.05) is 32.4 Å². The summed E-state index contributed by atoms with van der Waals surface area (Å²) < 4.78 is 25.3. The van der Waals surface area contributed by atoms with Gasteiger partial charge in [0.2, 0.25) is 0 Å². The van der Waals surface area contributed by atoms with Gasteiger partial charge in [-0.15, -0.1) is 0 Å². The summed E-state index contributed by atoms with van der Waals surface area (Å²) >= 11 is 0. The molecule has 2 saturated heterocycles. The Morgan fingerprint density at radius 2 is 2.07 bits per heavy atom. The number of hydrogen-bond donors (Lipinski definition) is 1. The number of fused-ring (bicyclic) bond motifs is 2. The van der Waals surface area contributed by atoms with Crippen LogP contribution in [-0.4, -0.2) is 36.9 Å². The summed E-state index contributed by atoms with van der Waals surface area (Å²) in [5.41, 5.74) is 1.20. The Labute approximate surface area is 166 Å². The van der Waals surface area contributed by atoms with Crippen LogP contribution in [0.5, 0.6) is 0 Å². The maximum absolute atomic E-state index is 13.0. The molecule has 0 amide bonds. The number of carbonyl (C=O) groups is 1. The lowest BCUT2D eigenvalue weighted by molar-refractivity contribution is -0.146. The summed E-state index contributed by atoms with van der Waals surface area (Å²) in [7, 11) is 0. The number of halogens is 1. The Morgan fingerprint density at radius 1 is 1.29 bits per heavy atom. The van der Waals surface area contributed by atoms with Gasteiger partial charge < -0.3 is 14.8 Å². The van der Waals surface area contributed by atoms with E-state index in [1.807, 2.05) is 12.1 Å². The number of carbonyl (C=O) groups excluding carboxylic acids is 1. The van der Waals surface area contributed by atoms with Crippen LogP contribution in [0.2, 0.25) is 0 Å². The van der Waals surface area contributed by atoms with Crippen LogP contribution in [0.15, 0.2) is 24.3 Å². The molecule has 28 heavy (non-hydrogen) atoms. The highest BCUT2D eigenvalue weighted by molar-refractivity contribution is 5.76. The van der Waals surface area contributed by atoms with Gasteiger partial charge >= 0.3 is 5.97 Å². The number of epoxide rings is 1. The van der Waals surface area contributed by atoms with E-state index in [-0.39, 0.29) is 46.8 Å². The van der Waals surface area contributed by atoms with Crippen molar-refractivity contribution in [3.05, 3.63) is 35.6 Å². The molecule has 5 rings (SSSR count). The average molecular weight is 387 g/mol. The van der Waals surface area contributed by atoms with Crippen molar-refractivity contribution in [2.45, 2.75) is 63.8 Å². The van der Waals surface area contributed by atoms with Crippen LogP contribution < -0.4 is 5.32 Å². The van der Waals surface area contributed by atoms with Gasteiger partial charge in [-0.3, -0.25) is 4.79 Å². The first-order chi connectivity index (χ1) is 13.4. The first-order valence-corrected chi connectivity index (χ1v) is 10.8. The second-order valence-corrected chi connectivity index (χ2v) is 9.63. The second-order valence-electron chi connectivity index (χ2n) is 9.63. The normalized spacial score (nSPS) is 43.7. The molecule has 152 valence electrons. The van der Waals surface area contributed by atoms with Crippen LogP contribution in [0, 0.1) is 29.0 Å². The third kappa shape index (κ3) is 2.66. The van der Waals surface area contributed by atoms with Crippen LogP contribution >= 0.6 is 0 Å². The molecule has 1 N–H and O–H groups in total. The first-order valence-electron chi connectivity index (χ1n) is 10.8.